The van der Waals surface area contributed by atoms with E-state index in [1.165, 1.54) is 24.2 Å². The van der Waals surface area contributed by atoms with Crippen molar-refractivity contribution in [2.24, 2.45) is 0 Å². The first-order valence-electron chi connectivity index (χ1n) is 6.46. The number of hydrogen-bond donors (Lipinski definition) is 1. The summed E-state index contributed by atoms with van der Waals surface area (Å²) in [5, 5.41) is 9.39. The lowest BCUT2D eigenvalue weighted by Gasteiger charge is -2.26. The second-order valence-electron chi connectivity index (χ2n) is 4.82. The van der Waals surface area contributed by atoms with Crippen LogP contribution >= 0.6 is 23.1 Å². The van der Waals surface area contributed by atoms with Crippen LogP contribution in [0.5, 0.6) is 0 Å². The van der Waals surface area contributed by atoms with Crippen LogP contribution in [-0.4, -0.2) is 34.5 Å². The van der Waals surface area contributed by atoms with E-state index in [0.717, 1.165) is 27.8 Å². The van der Waals surface area contributed by atoms with Crippen molar-refractivity contribution in [3.63, 3.8) is 0 Å². The maximum absolute atomic E-state index is 10.8. The van der Waals surface area contributed by atoms with E-state index in [1.807, 2.05) is 6.92 Å². The van der Waals surface area contributed by atoms with Crippen molar-refractivity contribution >= 4 is 29.1 Å². The molecular weight excluding hydrogens is 282 g/mol. The molecule has 0 aromatic carbocycles. The van der Waals surface area contributed by atoms with Crippen LogP contribution in [0.3, 0.4) is 0 Å². The van der Waals surface area contributed by atoms with Gasteiger partial charge in [0.2, 0.25) is 0 Å². The second-order valence-corrected chi connectivity index (χ2v) is 7.45. The molecule has 2 atom stereocenters. The number of aliphatic carboxylic acids is 1. The zero-order chi connectivity index (χ0) is 13.8. The van der Waals surface area contributed by atoms with Gasteiger partial charge in [-0.25, -0.2) is 4.98 Å². The summed E-state index contributed by atoms with van der Waals surface area (Å²) in [6, 6.07) is 0. The summed E-state index contributed by atoms with van der Waals surface area (Å²) in [6.45, 7) is 1.89. The average molecular weight is 301 g/mol. The fraction of sp³-hybridized carbons (Fsp3) is 0.692. The van der Waals surface area contributed by atoms with Crippen LogP contribution < -0.4 is 0 Å². The van der Waals surface area contributed by atoms with Gasteiger partial charge in [0.05, 0.1) is 18.2 Å². The number of carboxylic acid groups (broad SMARTS) is 1. The third kappa shape index (κ3) is 4.19. The Labute approximate surface area is 121 Å². The molecule has 1 heterocycles. The number of carbonyl (C=O) groups is 1. The average Bonchev–Trinajstić information content (AvgIpc) is 2.69. The lowest BCUT2D eigenvalue weighted by Crippen LogP contribution is -2.23. The summed E-state index contributed by atoms with van der Waals surface area (Å²) in [7, 11) is 1.77. The Hall–Kier alpha value is -0.590. The van der Waals surface area contributed by atoms with Gasteiger partial charge in [0.25, 0.3) is 0 Å². The molecule has 4 nitrogen and oxygen atoms in total. The number of thioether (sulfide) groups is 1. The minimum atomic E-state index is -0.791. The van der Waals surface area contributed by atoms with E-state index in [1.54, 1.807) is 18.9 Å². The number of methoxy groups -OCH3 is 1. The maximum atomic E-state index is 10.8. The van der Waals surface area contributed by atoms with Crippen molar-refractivity contribution in [2.75, 3.05) is 7.11 Å². The van der Waals surface area contributed by atoms with Crippen LogP contribution in [0.25, 0.3) is 0 Å². The Bertz CT molecular complexity index is 447. The molecule has 106 valence electrons. The largest absolute Gasteiger partial charge is 0.481 e. The third-order valence-electron chi connectivity index (χ3n) is 3.36. The van der Waals surface area contributed by atoms with E-state index in [0.29, 0.717) is 11.4 Å². The standard InChI is InChI=1S/C13H19NO3S2/c1-8-11(7-12(15)16)19-13(14-8)18-10-5-3-4-9(6-10)17-2/h9-10H,3-7H2,1-2H3,(H,15,16). The molecule has 2 rings (SSSR count). The Kier molecular flexibility index (Phi) is 5.24. The fourth-order valence-electron chi connectivity index (χ4n) is 2.32. The van der Waals surface area contributed by atoms with Crippen LogP contribution in [0.2, 0.25) is 0 Å². The van der Waals surface area contributed by atoms with Gasteiger partial charge < -0.3 is 9.84 Å². The predicted molar refractivity (Wildman–Crippen MR) is 77.1 cm³/mol. The lowest BCUT2D eigenvalue weighted by molar-refractivity contribution is -0.136. The van der Waals surface area contributed by atoms with E-state index in [-0.39, 0.29) is 6.42 Å². The smallest absolute Gasteiger partial charge is 0.308 e. The molecule has 0 radical (unpaired) electrons. The number of carboxylic acids is 1. The highest BCUT2D eigenvalue weighted by Crippen LogP contribution is 2.37. The molecule has 6 heteroatoms. The van der Waals surface area contributed by atoms with Gasteiger partial charge in [0, 0.05) is 17.2 Å². The molecule has 0 saturated heterocycles. The van der Waals surface area contributed by atoms with Crippen LogP contribution in [0.4, 0.5) is 0 Å². The van der Waals surface area contributed by atoms with E-state index < -0.39 is 5.97 Å². The van der Waals surface area contributed by atoms with E-state index in [9.17, 15) is 4.79 Å². The van der Waals surface area contributed by atoms with Gasteiger partial charge in [0.15, 0.2) is 4.34 Å². The number of ether oxygens (including phenoxy) is 1. The number of thiazole rings is 1. The molecule has 1 saturated carbocycles. The minimum absolute atomic E-state index is 0.0788. The molecule has 1 aliphatic rings. The first-order chi connectivity index (χ1) is 9.08. The number of hydrogen-bond acceptors (Lipinski definition) is 5. The zero-order valence-electron chi connectivity index (χ0n) is 11.2. The molecule has 1 N–H and O–H groups in total. The lowest BCUT2D eigenvalue weighted by atomic mass is 9.97. The zero-order valence-corrected chi connectivity index (χ0v) is 12.9. The van der Waals surface area contributed by atoms with Crippen molar-refractivity contribution < 1.29 is 14.6 Å². The molecule has 0 amide bonds. The van der Waals surface area contributed by atoms with Crippen molar-refractivity contribution in [2.45, 2.75) is 54.7 Å². The van der Waals surface area contributed by atoms with Crippen LogP contribution in [0.15, 0.2) is 4.34 Å². The normalized spacial score (nSPS) is 23.5. The molecule has 1 fully saturated rings. The Morgan fingerprint density at radius 3 is 3.05 bits per heavy atom. The number of nitrogens with zero attached hydrogens (tertiary/aromatic N) is 1. The monoisotopic (exact) mass is 301 g/mol. The fourth-order valence-corrected chi connectivity index (χ4v) is 5.07. The van der Waals surface area contributed by atoms with Crippen molar-refractivity contribution in [1.82, 2.24) is 4.98 Å². The summed E-state index contributed by atoms with van der Waals surface area (Å²) < 4.78 is 6.43. The minimum Gasteiger partial charge on any atom is -0.481 e. The molecular formula is C13H19NO3S2. The Balaban J connectivity index is 1.97. The summed E-state index contributed by atoms with van der Waals surface area (Å²) in [4.78, 5) is 16.1. The molecule has 19 heavy (non-hydrogen) atoms. The van der Waals surface area contributed by atoms with Crippen molar-refractivity contribution in [1.29, 1.82) is 0 Å². The highest BCUT2D eigenvalue weighted by atomic mass is 32.2. The summed E-state index contributed by atoms with van der Waals surface area (Å²) in [5.74, 6) is -0.791. The van der Waals surface area contributed by atoms with Crippen molar-refractivity contribution in [3.8, 4) is 0 Å². The maximum Gasteiger partial charge on any atom is 0.308 e. The molecule has 2 unspecified atom stereocenters. The van der Waals surface area contributed by atoms with Gasteiger partial charge in [0.1, 0.15) is 0 Å². The van der Waals surface area contributed by atoms with Gasteiger partial charge in [-0.1, -0.05) is 11.8 Å². The molecule has 0 spiro atoms. The summed E-state index contributed by atoms with van der Waals surface area (Å²) >= 11 is 3.30. The third-order valence-corrected chi connectivity index (χ3v) is 5.91. The summed E-state index contributed by atoms with van der Waals surface area (Å²) in [6.07, 6.45) is 5.05. The summed E-state index contributed by atoms with van der Waals surface area (Å²) in [5.41, 5.74) is 0.856. The van der Waals surface area contributed by atoms with Gasteiger partial charge in [-0.2, -0.15) is 0 Å². The Morgan fingerprint density at radius 2 is 2.37 bits per heavy atom. The first kappa shape index (κ1) is 14.8. The quantitative estimate of drug-likeness (QED) is 0.905. The molecule has 1 aromatic rings. The highest BCUT2D eigenvalue weighted by molar-refractivity contribution is 8.01. The van der Waals surface area contributed by atoms with Gasteiger partial charge in [-0.05, 0) is 32.6 Å². The molecule has 0 aliphatic heterocycles. The topological polar surface area (TPSA) is 59.4 Å². The molecule has 0 bridgehead atoms. The SMILES string of the molecule is COC1CCCC(Sc2nc(C)c(CC(=O)O)s2)C1. The van der Waals surface area contributed by atoms with Gasteiger partial charge in [-0.3, -0.25) is 4.79 Å². The predicted octanol–water partition coefficient (Wildman–Crippen LogP) is 3.13. The highest BCUT2D eigenvalue weighted by Gasteiger charge is 2.24. The van der Waals surface area contributed by atoms with E-state index in [2.05, 4.69) is 4.98 Å². The van der Waals surface area contributed by atoms with Crippen LogP contribution in [-0.2, 0) is 16.0 Å². The van der Waals surface area contributed by atoms with Gasteiger partial charge in [-0.15, -0.1) is 11.3 Å². The van der Waals surface area contributed by atoms with Crippen molar-refractivity contribution in [3.05, 3.63) is 10.6 Å². The molecule has 1 aliphatic carbocycles. The second kappa shape index (κ2) is 6.72. The first-order valence-corrected chi connectivity index (χ1v) is 8.15. The van der Waals surface area contributed by atoms with E-state index >= 15 is 0 Å². The van der Waals surface area contributed by atoms with E-state index in [4.69, 9.17) is 9.84 Å². The van der Waals surface area contributed by atoms with Crippen LogP contribution in [0.1, 0.15) is 36.3 Å². The van der Waals surface area contributed by atoms with Crippen LogP contribution in [0, 0.1) is 6.92 Å². The molecule has 1 aromatic heterocycles. The number of aromatic nitrogens is 1. The Morgan fingerprint density at radius 1 is 1.58 bits per heavy atom. The number of rotatable bonds is 5. The number of aryl methyl sites for hydroxylation is 1. The van der Waals surface area contributed by atoms with Gasteiger partial charge >= 0.3 is 5.97 Å².